The molecule has 13 heavy (non-hydrogen) atoms. The molecule has 0 saturated carbocycles. The van der Waals surface area contributed by atoms with E-state index >= 15 is 0 Å². The number of H-pyrrole nitrogens is 1. The standard InChI is InChI=1S/C5H4N6O2/c6-3-2(10-13)4(12)9-5-7-1-8-11(3)5/h1H,6H2,(H,7,8,9,12). The van der Waals surface area contributed by atoms with E-state index in [1.54, 1.807) is 0 Å². The lowest BCUT2D eigenvalue weighted by molar-refractivity contribution is 0.942. The second-order valence-electron chi connectivity index (χ2n) is 2.27. The van der Waals surface area contributed by atoms with Gasteiger partial charge in [-0.15, -0.1) is 4.91 Å². The molecule has 0 aromatic carbocycles. The highest BCUT2D eigenvalue weighted by atomic mass is 16.3. The zero-order chi connectivity index (χ0) is 9.42. The Morgan fingerprint density at radius 2 is 2.38 bits per heavy atom. The fourth-order valence-electron chi connectivity index (χ4n) is 0.969. The maximum atomic E-state index is 11.1. The van der Waals surface area contributed by atoms with Crippen LogP contribution < -0.4 is 11.3 Å². The van der Waals surface area contributed by atoms with Crippen molar-refractivity contribution in [1.82, 2.24) is 19.6 Å². The molecule has 0 unspecified atom stereocenters. The van der Waals surface area contributed by atoms with Gasteiger partial charge in [-0.2, -0.15) is 14.6 Å². The summed E-state index contributed by atoms with van der Waals surface area (Å²) in [6.07, 6.45) is 1.20. The van der Waals surface area contributed by atoms with Crippen LogP contribution in [0.15, 0.2) is 16.3 Å². The maximum absolute atomic E-state index is 11.1. The molecule has 0 aliphatic rings. The first-order valence-corrected chi connectivity index (χ1v) is 3.29. The fourth-order valence-corrected chi connectivity index (χ4v) is 0.969. The largest absolute Gasteiger partial charge is 0.381 e. The molecule has 0 amide bonds. The van der Waals surface area contributed by atoms with Gasteiger partial charge in [0.1, 0.15) is 6.33 Å². The van der Waals surface area contributed by atoms with Gasteiger partial charge in [0.25, 0.3) is 5.56 Å². The van der Waals surface area contributed by atoms with Gasteiger partial charge >= 0.3 is 0 Å². The molecule has 0 aliphatic heterocycles. The highest BCUT2D eigenvalue weighted by Crippen LogP contribution is 2.14. The lowest BCUT2D eigenvalue weighted by atomic mass is 10.5. The third-order valence-corrected chi connectivity index (χ3v) is 1.55. The van der Waals surface area contributed by atoms with Crippen molar-refractivity contribution in [3.63, 3.8) is 0 Å². The SMILES string of the molecule is Nc1c(N=O)c(=O)[nH]c2ncnn12. The molecule has 2 rings (SSSR count). The highest BCUT2D eigenvalue weighted by molar-refractivity contribution is 5.59. The van der Waals surface area contributed by atoms with Crippen LogP contribution in [-0.4, -0.2) is 19.6 Å². The van der Waals surface area contributed by atoms with Crippen molar-refractivity contribution >= 4 is 17.3 Å². The molecule has 0 bridgehead atoms. The summed E-state index contributed by atoms with van der Waals surface area (Å²) in [6, 6.07) is 0. The number of aromatic nitrogens is 4. The third-order valence-electron chi connectivity index (χ3n) is 1.55. The first-order valence-electron chi connectivity index (χ1n) is 3.29. The minimum Gasteiger partial charge on any atom is -0.381 e. The van der Waals surface area contributed by atoms with Crippen molar-refractivity contribution in [2.75, 3.05) is 5.73 Å². The highest BCUT2D eigenvalue weighted by Gasteiger charge is 2.10. The monoisotopic (exact) mass is 180 g/mol. The number of aromatic amines is 1. The summed E-state index contributed by atoms with van der Waals surface area (Å²) in [5.74, 6) is 0.0566. The second kappa shape index (κ2) is 2.37. The van der Waals surface area contributed by atoms with E-state index in [0.717, 1.165) is 4.52 Å². The topological polar surface area (TPSA) is 118 Å². The molecule has 3 N–H and O–H groups in total. The molecular weight excluding hydrogens is 176 g/mol. The van der Waals surface area contributed by atoms with Gasteiger partial charge in [0.15, 0.2) is 5.82 Å². The molecule has 66 valence electrons. The van der Waals surface area contributed by atoms with Crippen molar-refractivity contribution in [1.29, 1.82) is 0 Å². The number of nitroso groups, excluding NO2 is 1. The molecule has 0 atom stereocenters. The predicted molar refractivity (Wildman–Crippen MR) is 43.5 cm³/mol. The maximum Gasteiger partial charge on any atom is 0.284 e. The number of anilines is 1. The van der Waals surface area contributed by atoms with Gasteiger partial charge in [0.2, 0.25) is 11.5 Å². The average molecular weight is 180 g/mol. The van der Waals surface area contributed by atoms with Crippen LogP contribution in [0.1, 0.15) is 0 Å². The average Bonchev–Trinajstić information content (AvgIpc) is 2.53. The number of hydrogen-bond acceptors (Lipinski definition) is 6. The molecule has 8 nitrogen and oxygen atoms in total. The van der Waals surface area contributed by atoms with Crippen LogP contribution in [0, 0.1) is 4.91 Å². The molecule has 0 radical (unpaired) electrons. The predicted octanol–water partition coefficient (Wildman–Crippen LogP) is -0.602. The second-order valence-corrected chi connectivity index (χ2v) is 2.27. The summed E-state index contributed by atoms with van der Waals surface area (Å²) in [6.45, 7) is 0. The van der Waals surface area contributed by atoms with Crippen LogP contribution in [0.4, 0.5) is 11.5 Å². The number of nitrogen functional groups attached to an aromatic ring is 1. The molecule has 8 heteroatoms. The van der Waals surface area contributed by atoms with Crippen molar-refractivity contribution in [2.24, 2.45) is 5.18 Å². The van der Waals surface area contributed by atoms with Crippen LogP contribution in [-0.2, 0) is 0 Å². The molecule has 0 aliphatic carbocycles. The van der Waals surface area contributed by atoms with Crippen LogP contribution in [0.5, 0.6) is 0 Å². The van der Waals surface area contributed by atoms with Crippen LogP contribution in [0.25, 0.3) is 5.78 Å². The van der Waals surface area contributed by atoms with Crippen LogP contribution in [0.2, 0.25) is 0 Å². The molecule has 0 saturated heterocycles. The summed E-state index contributed by atoms with van der Waals surface area (Å²) in [4.78, 5) is 27.3. The Labute approximate surface area is 70.4 Å². The number of rotatable bonds is 1. The number of fused-ring (bicyclic) bond motifs is 1. The number of nitrogens with one attached hydrogen (secondary N) is 1. The van der Waals surface area contributed by atoms with Gasteiger partial charge < -0.3 is 5.73 Å². The number of nitrogens with two attached hydrogens (primary N) is 1. The van der Waals surface area contributed by atoms with Gasteiger partial charge in [0, 0.05) is 0 Å². The van der Waals surface area contributed by atoms with E-state index in [1.807, 2.05) is 0 Å². The van der Waals surface area contributed by atoms with Crippen molar-refractivity contribution < 1.29 is 0 Å². The van der Waals surface area contributed by atoms with E-state index in [9.17, 15) is 9.70 Å². The summed E-state index contributed by atoms with van der Waals surface area (Å²) < 4.78 is 1.12. The minimum atomic E-state index is -0.673. The zero-order valence-electron chi connectivity index (χ0n) is 6.26. The smallest absolute Gasteiger partial charge is 0.284 e. The first-order chi connectivity index (χ1) is 6.24. The van der Waals surface area contributed by atoms with E-state index in [1.165, 1.54) is 6.33 Å². The molecule has 2 aromatic rings. The Bertz CT molecular complexity index is 525. The van der Waals surface area contributed by atoms with E-state index < -0.39 is 11.2 Å². The number of hydrogen-bond donors (Lipinski definition) is 2. The lowest BCUT2D eigenvalue weighted by Crippen LogP contribution is -2.13. The van der Waals surface area contributed by atoms with Crippen molar-refractivity contribution in [2.45, 2.75) is 0 Å². The van der Waals surface area contributed by atoms with E-state index in [2.05, 4.69) is 20.2 Å². The third kappa shape index (κ3) is 0.883. The summed E-state index contributed by atoms with van der Waals surface area (Å²) in [5.41, 5.74) is 4.36. The van der Waals surface area contributed by atoms with Crippen LogP contribution >= 0.6 is 0 Å². The van der Waals surface area contributed by atoms with Crippen molar-refractivity contribution in [3.8, 4) is 0 Å². The zero-order valence-corrected chi connectivity index (χ0v) is 6.26. The van der Waals surface area contributed by atoms with E-state index in [0.29, 0.717) is 0 Å². The Morgan fingerprint density at radius 3 is 3.08 bits per heavy atom. The Balaban J connectivity index is 3.01. The molecule has 0 fully saturated rings. The number of nitrogens with zero attached hydrogens (tertiary/aromatic N) is 4. The molecule has 2 heterocycles. The van der Waals surface area contributed by atoms with Gasteiger partial charge in [-0.05, 0) is 5.18 Å². The molecule has 0 spiro atoms. The van der Waals surface area contributed by atoms with Crippen molar-refractivity contribution in [3.05, 3.63) is 21.6 Å². The summed E-state index contributed by atoms with van der Waals surface area (Å²) >= 11 is 0. The Morgan fingerprint density at radius 1 is 1.62 bits per heavy atom. The Hall–Kier alpha value is -2.25. The summed E-state index contributed by atoms with van der Waals surface area (Å²) in [7, 11) is 0. The van der Waals surface area contributed by atoms with Crippen LogP contribution in [0.3, 0.4) is 0 Å². The Kier molecular flexibility index (Phi) is 1.35. The van der Waals surface area contributed by atoms with Gasteiger partial charge in [-0.1, -0.05) is 0 Å². The summed E-state index contributed by atoms with van der Waals surface area (Å²) in [5, 5.41) is 6.17. The van der Waals surface area contributed by atoms with E-state index in [4.69, 9.17) is 5.73 Å². The van der Waals surface area contributed by atoms with Gasteiger partial charge in [0.05, 0.1) is 0 Å². The minimum absolute atomic E-state index is 0.119. The fraction of sp³-hybridized carbons (Fsp3) is 0. The molecule has 2 aromatic heterocycles. The first kappa shape index (κ1) is 7.40. The van der Waals surface area contributed by atoms with Gasteiger partial charge in [-0.25, -0.2) is 0 Å². The lowest BCUT2D eigenvalue weighted by Gasteiger charge is -1.97. The van der Waals surface area contributed by atoms with Gasteiger partial charge in [-0.3, -0.25) is 9.78 Å². The van der Waals surface area contributed by atoms with E-state index in [-0.39, 0.29) is 11.6 Å². The molecular formula is C5H4N6O2. The normalized spacial score (nSPS) is 10.5. The quantitative estimate of drug-likeness (QED) is 0.568.